The molecule has 0 spiro atoms. The Kier molecular flexibility index (Phi) is 6.76. The molecule has 0 atom stereocenters. The molecule has 0 saturated carbocycles. The van der Waals surface area contributed by atoms with Crippen molar-refractivity contribution in [3.05, 3.63) is 29.3 Å². The molecule has 1 rings (SSSR count). The van der Waals surface area contributed by atoms with E-state index in [4.69, 9.17) is 9.84 Å². The Hall–Kier alpha value is -1.06. The van der Waals surface area contributed by atoms with Gasteiger partial charge >= 0.3 is 0 Å². The second-order valence-electron chi connectivity index (χ2n) is 4.74. The van der Waals surface area contributed by atoms with Crippen molar-refractivity contribution in [1.29, 1.82) is 0 Å². The summed E-state index contributed by atoms with van der Waals surface area (Å²) in [4.78, 5) is 2.22. The summed E-state index contributed by atoms with van der Waals surface area (Å²) in [5.74, 6) is 0.938. The zero-order chi connectivity index (χ0) is 13.4. The summed E-state index contributed by atoms with van der Waals surface area (Å²) in [6, 6.07) is 6.26. The molecule has 0 amide bonds. The van der Waals surface area contributed by atoms with Crippen LogP contribution in [0.5, 0.6) is 5.75 Å². The van der Waals surface area contributed by atoms with Gasteiger partial charge in [0, 0.05) is 13.1 Å². The molecule has 0 heterocycles. The van der Waals surface area contributed by atoms with Crippen LogP contribution in [0.15, 0.2) is 18.2 Å². The summed E-state index contributed by atoms with van der Waals surface area (Å²) >= 11 is 0. The summed E-state index contributed by atoms with van der Waals surface area (Å²) in [5, 5.41) is 8.97. The number of aryl methyl sites for hydroxylation is 2. The Balaban J connectivity index is 2.39. The van der Waals surface area contributed by atoms with Gasteiger partial charge in [0.05, 0.1) is 6.61 Å². The lowest BCUT2D eigenvalue weighted by Gasteiger charge is -2.20. The minimum Gasteiger partial charge on any atom is -0.492 e. The largest absolute Gasteiger partial charge is 0.492 e. The van der Waals surface area contributed by atoms with Crippen LogP contribution in [0.3, 0.4) is 0 Å². The molecule has 1 N–H and O–H groups in total. The number of benzene rings is 1. The summed E-state index contributed by atoms with van der Waals surface area (Å²) in [6.07, 6.45) is 1.10. The third-order valence-corrected chi connectivity index (χ3v) is 2.83. The molecule has 0 radical (unpaired) electrons. The van der Waals surface area contributed by atoms with E-state index in [1.807, 2.05) is 0 Å². The predicted molar refractivity (Wildman–Crippen MR) is 75.2 cm³/mol. The van der Waals surface area contributed by atoms with Crippen molar-refractivity contribution in [1.82, 2.24) is 4.90 Å². The average Bonchev–Trinajstić information content (AvgIpc) is 2.28. The molecule has 1 aromatic rings. The second kappa shape index (κ2) is 8.11. The van der Waals surface area contributed by atoms with Crippen molar-refractivity contribution in [2.45, 2.75) is 27.2 Å². The maximum absolute atomic E-state index is 8.97. The monoisotopic (exact) mass is 251 g/mol. The molecule has 3 nitrogen and oxygen atoms in total. The maximum Gasteiger partial charge on any atom is 0.119 e. The molecule has 0 aromatic heterocycles. The molecule has 0 saturated heterocycles. The molecule has 0 aliphatic carbocycles. The van der Waals surface area contributed by atoms with Crippen LogP contribution in [0, 0.1) is 13.8 Å². The average molecular weight is 251 g/mol. The van der Waals surface area contributed by atoms with Gasteiger partial charge < -0.3 is 9.84 Å². The van der Waals surface area contributed by atoms with Crippen molar-refractivity contribution in [3.8, 4) is 5.75 Å². The lowest BCUT2D eigenvalue weighted by atomic mass is 10.1. The molecular formula is C15H25NO2. The van der Waals surface area contributed by atoms with Gasteiger partial charge in [-0.3, -0.25) is 4.90 Å². The van der Waals surface area contributed by atoms with Crippen molar-refractivity contribution >= 4 is 0 Å². The molecule has 0 bridgehead atoms. The van der Waals surface area contributed by atoms with Crippen molar-refractivity contribution in [2.24, 2.45) is 0 Å². The highest BCUT2D eigenvalue weighted by Crippen LogP contribution is 2.16. The van der Waals surface area contributed by atoms with Crippen molar-refractivity contribution < 1.29 is 9.84 Å². The van der Waals surface area contributed by atoms with E-state index in [9.17, 15) is 0 Å². The van der Waals surface area contributed by atoms with Gasteiger partial charge in [-0.2, -0.15) is 0 Å². The lowest BCUT2D eigenvalue weighted by molar-refractivity contribution is 0.168. The highest BCUT2D eigenvalue weighted by atomic mass is 16.5. The third-order valence-electron chi connectivity index (χ3n) is 2.83. The van der Waals surface area contributed by atoms with Crippen LogP contribution in [0.4, 0.5) is 0 Å². The molecule has 0 unspecified atom stereocenters. The van der Waals surface area contributed by atoms with E-state index < -0.39 is 0 Å². The molecule has 0 aliphatic heterocycles. The highest BCUT2D eigenvalue weighted by molar-refractivity contribution is 5.32. The summed E-state index contributed by atoms with van der Waals surface area (Å²) in [6.45, 7) is 9.79. The van der Waals surface area contributed by atoms with Crippen LogP contribution in [-0.4, -0.2) is 42.9 Å². The van der Waals surface area contributed by atoms with Gasteiger partial charge in [-0.15, -0.1) is 0 Å². The third kappa shape index (κ3) is 5.52. The molecular weight excluding hydrogens is 226 g/mol. The van der Waals surface area contributed by atoms with Crippen LogP contribution in [0.2, 0.25) is 0 Å². The summed E-state index contributed by atoms with van der Waals surface area (Å²) < 4.78 is 5.77. The highest BCUT2D eigenvalue weighted by Gasteiger charge is 2.03. The van der Waals surface area contributed by atoms with Crippen LogP contribution < -0.4 is 4.74 Å². The minimum atomic E-state index is 0.212. The number of aliphatic hydroxyl groups excluding tert-OH is 1. The molecule has 18 heavy (non-hydrogen) atoms. The zero-order valence-electron chi connectivity index (χ0n) is 11.8. The smallest absolute Gasteiger partial charge is 0.119 e. The predicted octanol–water partition coefficient (Wildman–Crippen LogP) is 2.39. The van der Waals surface area contributed by atoms with E-state index in [1.165, 1.54) is 11.1 Å². The molecule has 0 fully saturated rings. The lowest BCUT2D eigenvalue weighted by Crippen LogP contribution is -2.31. The SMILES string of the molecule is CCCN(CCO)CCOc1cc(C)cc(C)c1. The first-order chi connectivity index (χ1) is 8.65. The van der Waals surface area contributed by atoms with Gasteiger partial charge in [-0.25, -0.2) is 0 Å². The van der Waals surface area contributed by atoms with Crippen LogP contribution in [-0.2, 0) is 0 Å². The summed E-state index contributed by atoms with van der Waals surface area (Å²) in [7, 11) is 0. The van der Waals surface area contributed by atoms with Gasteiger partial charge in [-0.1, -0.05) is 13.0 Å². The zero-order valence-corrected chi connectivity index (χ0v) is 11.8. The Morgan fingerprint density at radius 3 is 2.28 bits per heavy atom. The van der Waals surface area contributed by atoms with Gasteiger partial charge in [-0.05, 0) is 50.1 Å². The van der Waals surface area contributed by atoms with E-state index in [1.54, 1.807) is 0 Å². The van der Waals surface area contributed by atoms with E-state index in [-0.39, 0.29) is 6.61 Å². The fourth-order valence-corrected chi connectivity index (χ4v) is 2.10. The Morgan fingerprint density at radius 2 is 1.72 bits per heavy atom. The van der Waals surface area contributed by atoms with E-state index in [2.05, 4.69) is 43.9 Å². The molecule has 1 aromatic carbocycles. The first-order valence-corrected chi connectivity index (χ1v) is 6.70. The normalized spacial score (nSPS) is 10.9. The molecule has 3 heteroatoms. The number of ether oxygens (including phenoxy) is 1. The number of rotatable bonds is 8. The van der Waals surface area contributed by atoms with Gasteiger partial charge in [0.25, 0.3) is 0 Å². The van der Waals surface area contributed by atoms with Crippen LogP contribution in [0.25, 0.3) is 0 Å². The van der Waals surface area contributed by atoms with Crippen molar-refractivity contribution in [3.63, 3.8) is 0 Å². The minimum absolute atomic E-state index is 0.212. The van der Waals surface area contributed by atoms with Crippen LogP contribution in [0.1, 0.15) is 24.5 Å². The maximum atomic E-state index is 8.97. The van der Waals surface area contributed by atoms with E-state index in [0.717, 1.165) is 31.8 Å². The topological polar surface area (TPSA) is 32.7 Å². The summed E-state index contributed by atoms with van der Waals surface area (Å²) in [5.41, 5.74) is 2.46. The molecule has 102 valence electrons. The number of hydrogen-bond donors (Lipinski definition) is 1. The fraction of sp³-hybridized carbons (Fsp3) is 0.600. The standard InChI is InChI=1S/C15H25NO2/c1-4-5-16(6-8-17)7-9-18-15-11-13(2)10-14(3)12-15/h10-12,17H,4-9H2,1-3H3. The van der Waals surface area contributed by atoms with Crippen molar-refractivity contribution in [2.75, 3.05) is 32.8 Å². The van der Waals surface area contributed by atoms with E-state index in [0.29, 0.717) is 6.61 Å². The fourth-order valence-electron chi connectivity index (χ4n) is 2.10. The number of nitrogens with zero attached hydrogens (tertiary/aromatic N) is 1. The number of aliphatic hydroxyl groups is 1. The van der Waals surface area contributed by atoms with Gasteiger partial charge in [0.2, 0.25) is 0 Å². The van der Waals surface area contributed by atoms with Crippen LogP contribution >= 0.6 is 0 Å². The van der Waals surface area contributed by atoms with Gasteiger partial charge in [0.15, 0.2) is 0 Å². The van der Waals surface area contributed by atoms with Gasteiger partial charge in [0.1, 0.15) is 12.4 Å². The van der Waals surface area contributed by atoms with E-state index >= 15 is 0 Å². The Morgan fingerprint density at radius 1 is 1.06 bits per heavy atom. The quantitative estimate of drug-likeness (QED) is 0.770. The number of hydrogen-bond acceptors (Lipinski definition) is 3. The first-order valence-electron chi connectivity index (χ1n) is 6.70. The first kappa shape index (κ1) is 15.0. The Bertz CT molecular complexity index is 326. The second-order valence-corrected chi connectivity index (χ2v) is 4.74. The molecule has 0 aliphatic rings. The Labute approximate surface area is 110 Å².